The minimum Gasteiger partial charge on any atom is -0.506 e. The monoisotopic (exact) mass is 341 g/mol. The van der Waals surface area contributed by atoms with Crippen molar-refractivity contribution in [3.05, 3.63) is 57.0 Å². The summed E-state index contributed by atoms with van der Waals surface area (Å²) in [6.07, 6.45) is 0. The molecule has 0 bridgehead atoms. The van der Waals surface area contributed by atoms with Gasteiger partial charge in [0.2, 0.25) is 0 Å². The summed E-state index contributed by atoms with van der Waals surface area (Å²) >= 11 is 9.35. The van der Waals surface area contributed by atoms with E-state index in [0.717, 1.165) is 16.8 Å². The van der Waals surface area contributed by atoms with E-state index in [1.54, 1.807) is 24.3 Å². The first-order valence-corrected chi connectivity index (χ1v) is 6.88. The molecule has 0 unspecified atom stereocenters. The van der Waals surface area contributed by atoms with Crippen molar-refractivity contribution in [2.24, 2.45) is 0 Å². The first-order valence-electron chi connectivity index (χ1n) is 5.71. The quantitative estimate of drug-likeness (QED) is 0.789. The molecule has 2 aromatic carbocycles. The largest absolute Gasteiger partial charge is 0.506 e. The van der Waals surface area contributed by atoms with Gasteiger partial charge in [0.25, 0.3) is 0 Å². The minimum atomic E-state index is -0.0337. The molecule has 0 spiro atoms. The zero-order valence-corrected chi connectivity index (χ0v) is 12.4. The van der Waals surface area contributed by atoms with E-state index in [1.807, 2.05) is 12.1 Å². The van der Waals surface area contributed by atoms with Crippen molar-refractivity contribution in [1.29, 1.82) is 0 Å². The highest BCUT2D eigenvalue weighted by molar-refractivity contribution is 9.10. The highest BCUT2D eigenvalue weighted by atomic mass is 79.9. The molecule has 5 heteroatoms. The SMILES string of the molecule is OCc1ccc(Cl)c(NCc2cccc(Br)c2O)c1. The van der Waals surface area contributed by atoms with Gasteiger partial charge in [-0.2, -0.15) is 0 Å². The van der Waals surface area contributed by atoms with Gasteiger partial charge in [0, 0.05) is 12.1 Å². The Morgan fingerprint density at radius 1 is 1.21 bits per heavy atom. The van der Waals surface area contributed by atoms with Crippen molar-refractivity contribution in [3.8, 4) is 5.75 Å². The molecule has 2 rings (SSSR count). The number of phenolic OH excluding ortho intramolecular Hbond substituents is 1. The van der Waals surface area contributed by atoms with E-state index in [4.69, 9.17) is 16.7 Å². The molecular formula is C14H13BrClNO2. The maximum atomic E-state index is 9.89. The van der Waals surface area contributed by atoms with E-state index in [1.165, 1.54) is 0 Å². The average Bonchev–Trinajstić information content (AvgIpc) is 2.42. The Morgan fingerprint density at radius 2 is 2.00 bits per heavy atom. The molecule has 0 saturated heterocycles. The third kappa shape index (κ3) is 3.41. The zero-order chi connectivity index (χ0) is 13.8. The van der Waals surface area contributed by atoms with E-state index in [0.29, 0.717) is 16.0 Å². The molecule has 3 nitrogen and oxygen atoms in total. The zero-order valence-electron chi connectivity index (χ0n) is 10.0. The lowest BCUT2D eigenvalue weighted by Gasteiger charge is -2.11. The molecule has 19 heavy (non-hydrogen) atoms. The number of aliphatic hydroxyl groups excluding tert-OH is 1. The van der Waals surface area contributed by atoms with Crippen LogP contribution in [-0.2, 0) is 13.2 Å². The van der Waals surface area contributed by atoms with Crippen molar-refractivity contribution in [3.63, 3.8) is 0 Å². The number of aliphatic hydroxyl groups is 1. The molecule has 0 saturated carbocycles. The molecular weight excluding hydrogens is 330 g/mol. The molecule has 0 aliphatic heterocycles. The predicted molar refractivity (Wildman–Crippen MR) is 80.5 cm³/mol. The van der Waals surface area contributed by atoms with Crippen LogP contribution in [0.15, 0.2) is 40.9 Å². The van der Waals surface area contributed by atoms with E-state index in [9.17, 15) is 5.11 Å². The van der Waals surface area contributed by atoms with Gasteiger partial charge in [-0.15, -0.1) is 0 Å². The van der Waals surface area contributed by atoms with Crippen molar-refractivity contribution in [2.45, 2.75) is 13.2 Å². The number of hydrogen-bond acceptors (Lipinski definition) is 3. The van der Waals surface area contributed by atoms with Crippen molar-refractivity contribution < 1.29 is 10.2 Å². The normalized spacial score (nSPS) is 10.5. The number of hydrogen-bond donors (Lipinski definition) is 3. The van der Waals surface area contributed by atoms with Crippen LogP contribution in [0.4, 0.5) is 5.69 Å². The average molecular weight is 343 g/mol. The van der Waals surface area contributed by atoms with Crippen molar-refractivity contribution in [1.82, 2.24) is 0 Å². The number of aromatic hydroxyl groups is 1. The maximum absolute atomic E-state index is 9.89. The molecule has 100 valence electrons. The molecule has 0 aromatic heterocycles. The fraction of sp³-hybridized carbons (Fsp3) is 0.143. The van der Waals surface area contributed by atoms with Gasteiger partial charge in [0.15, 0.2) is 0 Å². The second kappa shape index (κ2) is 6.28. The number of phenols is 1. The first kappa shape index (κ1) is 14.2. The summed E-state index contributed by atoms with van der Waals surface area (Å²) in [6.45, 7) is 0.411. The van der Waals surface area contributed by atoms with Crippen LogP contribution in [0.3, 0.4) is 0 Å². The second-order valence-electron chi connectivity index (χ2n) is 4.07. The molecule has 0 atom stereocenters. The van der Waals surface area contributed by atoms with E-state index < -0.39 is 0 Å². The Labute approximate surface area is 125 Å². The van der Waals surface area contributed by atoms with Gasteiger partial charge in [-0.25, -0.2) is 0 Å². The van der Waals surface area contributed by atoms with Crippen LogP contribution in [0.5, 0.6) is 5.75 Å². The van der Waals surface area contributed by atoms with E-state index in [2.05, 4.69) is 21.2 Å². The summed E-state index contributed by atoms with van der Waals surface area (Å²) in [4.78, 5) is 0. The Morgan fingerprint density at radius 3 is 2.74 bits per heavy atom. The fourth-order valence-electron chi connectivity index (χ4n) is 1.70. The molecule has 0 radical (unpaired) electrons. The molecule has 2 aromatic rings. The molecule has 0 heterocycles. The number of nitrogens with one attached hydrogen (secondary N) is 1. The molecule has 3 N–H and O–H groups in total. The Kier molecular flexibility index (Phi) is 4.69. The van der Waals surface area contributed by atoms with Gasteiger partial charge in [-0.1, -0.05) is 29.8 Å². The third-order valence-electron chi connectivity index (χ3n) is 2.75. The lowest BCUT2D eigenvalue weighted by molar-refractivity contribution is 0.282. The van der Waals surface area contributed by atoms with Crippen LogP contribution in [-0.4, -0.2) is 10.2 Å². The van der Waals surface area contributed by atoms with Gasteiger partial charge in [-0.05, 0) is 39.7 Å². The highest BCUT2D eigenvalue weighted by Gasteiger charge is 2.06. The second-order valence-corrected chi connectivity index (χ2v) is 5.33. The first-order chi connectivity index (χ1) is 9.11. The Balaban J connectivity index is 2.16. The number of rotatable bonds is 4. The van der Waals surface area contributed by atoms with Crippen LogP contribution in [0.1, 0.15) is 11.1 Å². The van der Waals surface area contributed by atoms with E-state index >= 15 is 0 Å². The third-order valence-corrected chi connectivity index (χ3v) is 3.72. The Bertz CT molecular complexity index is 590. The lowest BCUT2D eigenvalue weighted by Crippen LogP contribution is -2.01. The molecule has 0 fully saturated rings. The summed E-state index contributed by atoms with van der Waals surface area (Å²) < 4.78 is 0.655. The highest BCUT2D eigenvalue weighted by Crippen LogP contribution is 2.29. The molecule has 0 aliphatic carbocycles. The van der Waals surface area contributed by atoms with Crippen LogP contribution in [0, 0.1) is 0 Å². The molecule has 0 amide bonds. The maximum Gasteiger partial charge on any atom is 0.134 e. The number of anilines is 1. The predicted octanol–water partition coefficient (Wildman–Crippen LogP) is 3.91. The summed E-state index contributed by atoms with van der Waals surface area (Å²) in [5.74, 6) is 0.212. The van der Waals surface area contributed by atoms with E-state index in [-0.39, 0.29) is 12.4 Å². The summed E-state index contributed by atoms with van der Waals surface area (Å²) in [7, 11) is 0. The van der Waals surface area contributed by atoms with Crippen LogP contribution >= 0.6 is 27.5 Å². The van der Waals surface area contributed by atoms with Crippen LogP contribution in [0.2, 0.25) is 5.02 Å². The van der Waals surface area contributed by atoms with Gasteiger partial charge in [0.05, 0.1) is 21.8 Å². The van der Waals surface area contributed by atoms with Crippen LogP contribution in [0.25, 0.3) is 0 Å². The fourth-order valence-corrected chi connectivity index (χ4v) is 2.29. The number of benzene rings is 2. The standard InChI is InChI=1S/C14H13BrClNO2/c15-11-3-1-2-10(14(11)19)7-17-13-6-9(8-18)4-5-12(13)16/h1-6,17-19H,7-8H2. The smallest absolute Gasteiger partial charge is 0.134 e. The van der Waals surface area contributed by atoms with Gasteiger partial charge >= 0.3 is 0 Å². The number of para-hydroxylation sites is 1. The van der Waals surface area contributed by atoms with Gasteiger partial charge in [0.1, 0.15) is 5.75 Å². The van der Waals surface area contributed by atoms with Gasteiger partial charge < -0.3 is 15.5 Å². The van der Waals surface area contributed by atoms with Crippen molar-refractivity contribution >= 4 is 33.2 Å². The van der Waals surface area contributed by atoms with Crippen molar-refractivity contribution in [2.75, 3.05) is 5.32 Å². The summed E-state index contributed by atoms with van der Waals surface area (Å²) in [6, 6.07) is 10.7. The lowest BCUT2D eigenvalue weighted by atomic mass is 10.1. The minimum absolute atomic E-state index is 0.0337. The van der Waals surface area contributed by atoms with Gasteiger partial charge in [-0.3, -0.25) is 0 Å². The van der Waals surface area contributed by atoms with Crippen LogP contribution < -0.4 is 5.32 Å². The topological polar surface area (TPSA) is 52.5 Å². The summed E-state index contributed by atoms with van der Waals surface area (Å²) in [5.41, 5.74) is 2.28. The molecule has 0 aliphatic rings. The Hall–Kier alpha value is -1.23. The number of halogens is 2. The summed E-state index contributed by atoms with van der Waals surface area (Å²) in [5, 5.41) is 22.7.